The standard InChI is InChI=1S/C61H114O6/c1-4-7-10-13-16-19-22-25-28-31-34-36-39-42-45-48-51-54-60(63)66-57-58(67-61(64)55-52-49-46-43-40-37-33-30-27-24-21-18-15-12-9-6-3)56-65-59(62)53-50-47-44-41-38-35-32-29-26-23-20-17-14-11-8-5-2/h25,28,30,33,58H,4-24,26-27,29,31-32,34-57H2,1-3H3/b28-25-,33-30-. The molecule has 0 aliphatic heterocycles. The predicted molar refractivity (Wildman–Crippen MR) is 289 cm³/mol. The van der Waals surface area contributed by atoms with E-state index in [1.54, 1.807) is 0 Å². The summed E-state index contributed by atoms with van der Waals surface area (Å²) in [5.41, 5.74) is 0. The fraction of sp³-hybridized carbons (Fsp3) is 0.885. The van der Waals surface area contributed by atoms with Crippen LogP contribution < -0.4 is 0 Å². The predicted octanol–water partition coefficient (Wildman–Crippen LogP) is 19.9. The molecule has 394 valence electrons. The molecule has 0 spiro atoms. The normalized spacial score (nSPS) is 12.1. The number of hydrogen-bond acceptors (Lipinski definition) is 6. The van der Waals surface area contributed by atoms with Crippen LogP contribution in [0.25, 0.3) is 0 Å². The van der Waals surface area contributed by atoms with Crippen LogP contribution >= 0.6 is 0 Å². The average Bonchev–Trinajstić information content (AvgIpc) is 3.33. The maximum Gasteiger partial charge on any atom is 0.306 e. The van der Waals surface area contributed by atoms with E-state index >= 15 is 0 Å². The number of carbonyl (C=O) groups excluding carboxylic acids is 3. The van der Waals surface area contributed by atoms with E-state index in [-0.39, 0.29) is 31.1 Å². The lowest BCUT2D eigenvalue weighted by Crippen LogP contribution is -2.30. The van der Waals surface area contributed by atoms with Crippen molar-refractivity contribution in [2.75, 3.05) is 13.2 Å². The van der Waals surface area contributed by atoms with Crippen LogP contribution in [0.15, 0.2) is 24.3 Å². The lowest BCUT2D eigenvalue weighted by molar-refractivity contribution is -0.167. The van der Waals surface area contributed by atoms with Crippen molar-refractivity contribution in [3.63, 3.8) is 0 Å². The van der Waals surface area contributed by atoms with Crippen LogP contribution in [0, 0.1) is 0 Å². The zero-order chi connectivity index (χ0) is 48.6. The van der Waals surface area contributed by atoms with E-state index in [1.807, 2.05) is 0 Å². The van der Waals surface area contributed by atoms with E-state index in [0.29, 0.717) is 19.3 Å². The van der Waals surface area contributed by atoms with Gasteiger partial charge < -0.3 is 14.2 Å². The van der Waals surface area contributed by atoms with Crippen LogP contribution in [-0.2, 0) is 28.6 Å². The second-order valence-corrected chi connectivity index (χ2v) is 20.3. The van der Waals surface area contributed by atoms with Gasteiger partial charge in [-0.25, -0.2) is 0 Å². The largest absolute Gasteiger partial charge is 0.462 e. The molecule has 0 saturated carbocycles. The van der Waals surface area contributed by atoms with Crippen molar-refractivity contribution in [1.29, 1.82) is 0 Å². The Balaban J connectivity index is 4.34. The summed E-state index contributed by atoms with van der Waals surface area (Å²) < 4.78 is 16.9. The Morgan fingerprint density at radius 3 is 0.746 bits per heavy atom. The molecule has 0 aliphatic rings. The molecule has 1 unspecified atom stereocenters. The van der Waals surface area contributed by atoms with Crippen LogP contribution in [0.3, 0.4) is 0 Å². The van der Waals surface area contributed by atoms with Crippen LogP contribution in [0.2, 0.25) is 0 Å². The van der Waals surface area contributed by atoms with E-state index in [2.05, 4.69) is 45.1 Å². The van der Waals surface area contributed by atoms with Crippen molar-refractivity contribution < 1.29 is 28.6 Å². The molecular formula is C61H114O6. The van der Waals surface area contributed by atoms with Crippen LogP contribution in [0.5, 0.6) is 0 Å². The maximum absolute atomic E-state index is 12.9. The summed E-state index contributed by atoms with van der Waals surface area (Å²) in [6.07, 6.45) is 65.9. The molecule has 0 radical (unpaired) electrons. The van der Waals surface area contributed by atoms with Crippen LogP contribution in [-0.4, -0.2) is 37.2 Å². The van der Waals surface area contributed by atoms with Gasteiger partial charge in [0.25, 0.3) is 0 Å². The Morgan fingerprint density at radius 1 is 0.284 bits per heavy atom. The lowest BCUT2D eigenvalue weighted by Gasteiger charge is -2.18. The van der Waals surface area contributed by atoms with Crippen molar-refractivity contribution in [2.24, 2.45) is 0 Å². The van der Waals surface area contributed by atoms with Gasteiger partial charge in [0.2, 0.25) is 0 Å². The smallest absolute Gasteiger partial charge is 0.306 e. The number of rotatable bonds is 55. The highest BCUT2D eigenvalue weighted by Crippen LogP contribution is 2.17. The summed E-state index contributed by atoms with van der Waals surface area (Å²) in [4.78, 5) is 38.2. The van der Waals surface area contributed by atoms with Crippen molar-refractivity contribution in [1.82, 2.24) is 0 Å². The lowest BCUT2D eigenvalue weighted by atomic mass is 10.0. The molecule has 6 nitrogen and oxygen atoms in total. The first-order chi connectivity index (χ1) is 33.0. The Bertz CT molecular complexity index is 1080. The Hall–Kier alpha value is -2.11. The molecule has 0 heterocycles. The molecule has 0 aromatic carbocycles. The summed E-state index contributed by atoms with van der Waals surface area (Å²) in [5, 5.41) is 0. The van der Waals surface area contributed by atoms with E-state index in [9.17, 15) is 14.4 Å². The number of carbonyl (C=O) groups is 3. The van der Waals surface area contributed by atoms with E-state index in [1.165, 1.54) is 225 Å². The summed E-state index contributed by atoms with van der Waals surface area (Å²) in [6.45, 7) is 6.68. The number of hydrogen-bond donors (Lipinski definition) is 0. The molecule has 0 rings (SSSR count). The first-order valence-corrected chi connectivity index (χ1v) is 29.8. The molecule has 0 aromatic rings. The van der Waals surface area contributed by atoms with E-state index in [4.69, 9.17) is 14.2 Å². The van der Waals surface area contributed by atoms with Crippen LogP contribution in [0.1, 0.15) is 329 Å². The number of allylic oxidation sites excluding steroid dienone is 4. The van der Waals surface area contributed by atoms with Gasteiger partial charge >= 0.3 is 17.9 Å². The summed E-state index contributed by atoms with van der Waals surface area (Å²) in [7, 11) is 0. The van der Waals surface area contributed by atoms with E-state index < -0.39 is 6.10 Å². The highest BCUT2D eigenvalue weighted by molar-refractivity contribution is 5.71. The highest BCUT2D eigenvalue weighted by atomic mass is 16.6. The van der Waals surface area contributed by atoms with Gasteiger partial charge in [-0.3, -0.25) is 14.4 Å². The molecule has 0 aliphatic carbocycles. The molecular weight excluding hydrogens is 829 g/mol. The van der Waals surface area contributed by atoms with Gasteiger partial charge in [-0.15, -0.1) is 0 Å². The maximum atomic E-state index is 12.9. The minimum Gasteiger partial charge on any atom is -0.462 e. The zero-order valence-corrected chi connectivity index (χ0v) is 45.2. The van der Waals surface area contributed by atoms with Gasteiger partial charge in [-0.05, 0) is 70.6 Å². The Kier molecular flexibility index (Phi) is 54.7. The second-order valence-electron chi connectivity index (χ2n) is 20.3. The SMILES string of the molecule is CCCCCCCC/C=C\CCCCCCCCCC(=O)OCC(COC(=O)CCCCCCCCCCCCCCCCCC)OC(=O)CCCCCCC/C=C\CCCCCCCCC. The molecule has 0 saturated heterocycles. The molecule has 0 amide bonds. The van der Waals surface area contributed by atoms with Crippen molar-refractivity contribution in [2.45, 2.75) is 335 Å². The van der Waals surface area contributed by atoms with Gasteiger partial charge in [0, 0.05) is 19.3 Å². The number of unbranched alkanes of at least 4 members (excludes halogenated alkanes) is 40. The second kappa shape index (κ2) is 56.5. The monoisotopic (exact) mass is 943 g/mol. The van der Waals surface area contributed by atoms with Gasteiger partial charge in [0.15, 0.2) is 6.10 Å². The number of ether oxygens (including phenoxy) is 3. The fourth-order valence-electron chi connectivity index (χ4n) is 8.91. The minimum atomic E-state index is -0.774. The third-order valence-corrected chi connectivity index (χ3v) is 13.4. The third kappa shape index (κ3) is 54.7. The van der Waals surface area contributed by atoms with Gasteiger partial charge in [0.1, 0.15) is 13.2 Å². The van der Waals surface area contributed by atoms with Gasteiger partial charge in [0.05, 0.1) is 0 Å². The van der Waals surface area contributed by atoms with Gasteiger partial charge in [-0.1, -0.05) is 263 Å². The molecule has 0 bridgehead atoms. The van der Waals surface area contributed by atoms with Crippen molar-refractivity contribution in [3.05, 3.63) is 24.3 Å². The summed E-state index contributed by atoms with van der Waals surface area (Å²) in [5.74, 6) is -0.862. The fourth-order valence-corrected chi connectivity index (χ4v) is 8.91. The molecule has 1 atom stereocenters. The molecule has 6 heteroatoms. The molecule has 0 aromatic heterocycles. The first kappa shape index (κ1) is 64.9. The third-order valence-electron chi connectivity index (χ3n) is 13.4. The molecule has 0 fully saturated rings. The van der Waals surface area contributed by atoms with Crippen LogP contribution in [0.4, 0.5) is 0 Å². The Labute approximate surface area is 417 Å². The Morgan fingerprint density at radius 2 is 0.493 bits per heavy atom. The minimum absolute atomic E-state index is 0.0713. The molecule has 0 N–H and O–H groups in total. The molecule has 67 heavy (non-hydrogen) atoms. The quantitative estimate of drug-likeness (QED) is 0.0262. The average molecular weight is 944 g/mol. The highest BCUT2D eigenvalue weighted by Gasteiger charge is 2.19. The van der Waals surface area contributed by atoms with Crippen molar-refractivity contribution >= 4 is 17.9 Å². The summed E-state index contributed by atoms with van der Waals surface area (Å²) >= 11 is 0. The van der Waals surface area contributed by atoms with Gasteiger partial charge in [-0.2, -0.15) is 0 Å². The zero-order valence-electron chi connectivity index (χ0n) is 45.2. The van der Waals surface area contributed by atoms with Crippen molar-refractivity contribution in [3.8, 4) is 0 Å². The summed E-state index contributed by atoms with van der Waals surface area (Å²) in [6, 6.07) is 0. The number of esters is 3. The van der Waals surface area contributed by atoms with E-state index in [0.717, 1.165) is 64.2 Å². The first-order valence-electron chi connectivity index (χ1n) is 29.8. The topological polar surface area (TPSA) is 78.9 Å².